The average Bonchev–Trinajstić information content (AvgIpc) is 3.77. The third-order valence-corrected chi connectivity index (χ3v) is 9.33. The first-order chi connectivity index (χ1) is 22.8. The van der Waals surface area contributed by atoms with E-state index in [1.54, 1.807) is 23.0 Å². The van der Waals surface area contributed by atoms with E-state index in [1.807, 2.05) is 52.0 Å². The summed E-state index contributed by atoms with van der Waals surface area (Å²) in [5.41, 5.74) is 4.04. The highest BCUT2D eigenvalue weighted by Crippen LogP contribution is 2.33. The summed E-state index contributed by atoms with van der Waals surface area (Å²) in [6.07, 6.45) is 2.81. The van der Waals surface area contributed by atoms with Crippen molar-refractivity contribution in [1.29, 1.82) is 0 Å². The predicted molar refractivity (Wildman–Crippen MR) is 177 cm³/mol. The molecule has 0 radical (unpaired) electrons. The molecule has 1 saturated heterocycles. The van der Waals surface area contributed by atoms with Gasteiger partial charge in [-0.2, -0.15) is 0 Å². The second-order valence-corrected chi connectivity index (χ2v) is 14.1. The van der Waals surface area contributed by atoms with Crippen molar-refractivity contribution in [2.24, 2.45) is 11.3 Å². The molecule has 3 atom stereocenters. The maximum Gasteiger partial charge on any atom is 0.243 e. The number of thiazole rings is 1. The highest BCUT2D eigenvalue weighted by atomic mass is 32.1. The van der Waals surface area contributed by atoms with Gasteiger partial charge in [0, 0.05) is 38.2 Å². The third kappa shape index (κ3) is 8.23. The van der Waals surface area contributed by atoms with Crippen LogP contribution in [0, 0.1) is 18.3 Å². The number of nitrogens with zero attached hydrogens (tertiary/aromatic N) is 5. The Labute approximate surface area is 281 Å². The average molecular weight is 677 g/mol. The minimum Gasteiger partial charge on any atom is -0.502 e. The van der Waals surface area contributed by atoms with Crippen LogP contribution in [0.2, 0.25) is 0 Å². The van der Waals surface area contributed by atoms with Crippen molar-refractivity contribution in [2.75, 3.05) is 6.54 Å². The molecule has 0 aliphatic carbocycles. The van der Waals surface area contributed by atoms with Crippen LogP contribution in [0.15, 0.2) is 57.5 Å². The number of rotatable bonds is 12. The monoisotopic (exact) mass is 676 g/mol. The van der Waals surface area contributed by atoms with Crippen LogP contribution in [0.3, 0.4) is 0 Å². The smallest absolute Gasteiger partial charge is 0.243 e. The van der Waals surface area contributed by atoms with Gasteiger partial charge in [0.15, 0.2) is 5.75 Å². The van der Waals surface area contributed by atoms with E-state index >= 15 is 0 Å². The lowest BCUT2D eigenvalue weighted by atomic mass is 9.76. The lowest BCUT2D eigenvalue weighted by Gasteiger charge is -2.34. The molecule has 1 aliphatic heterocycles. The Hall–Kier alpha value is -4.69. The lowest BCUT2D eigenvalue weighted by molar-refractivity contribution is -0.149. The van der Waals surface area contributed by atoms with Crippen LogP contribution >= 0.6 is 11.3 Å². The quantitative estimate of drug-likeness (QED) is 0.189. The molecule has 2 unspecified atom stereocenters. The second kappa shape index (κ2) is 14.6. The van der Waals surface area contributed by atoms with Gasteiger partial charge in [-0.05, 0) is 36.3 Å². The summed E-state index contributed by atoms with van der Waals surface area (Å²) < 4.78 is 6.69. The number of aromatic hydroxyl groups is 1. The van der Waals surface area contributed by atoms with Crippen molar-refractivity contribution in [3.63, 3.8) is 0 Å². The van der Waals surface area contributed by atoms with Crippen molar-refractivity contribution >= 4 is 28.9 Å². The van der Waals surface area contributed by atoms with Gasteiger partial charge in [-0.15, -0.1) is 16.4 Å². The summed E-state index contributed by atoms with van der Waals surface area (Å²) in [6.45, 7) is 7.79. The lowest BCUT2D eigenvalue weighted by Crippen LogP contribution is -2.51. The first kappa shape index (κ1) is 34.6. The Morgan fingerprint density at radius 1 is 1.19 bits per heavy atom. The number of benzene rings is 1. The summed E-state index contributed by atoms with van der Waals surface area (Å²) >= 11 is 1.57. The van der Waals surface area contributed by atoms with Crippen LogP contribution in [0.1, 0.15) is 62.7 Å². The molecule has 4 aromatic rings. The molecule has 1 aliphatic rings. The molecular formula is C34H40N6O7S. The number of amides is 2. The fourth-order valence-corrected chi connectivity index (χ4v) is 6.74. The van der Waals surface area contributed by atoms with E-state index in [0.29, 0.717) is 24.3 Å². The molecule has 1 aromatic carbocycles. The molecule has 4 heterocycles. The zero-order valence-electron chi connectivity index (χ0n) is 27.4. The number of aryl methyl sites for hydroxylation is 2. The van der Waals surface area contributed by atoms with Crippen LogP contribution in [0.25, 0.3) is 10.4 Å². The molecule has 14 heteroatoms. The van der Waals surface area contributed by atoms with E-state index < -0.39 is 40.6 Å². The number of hydrogen-bond donors (Lipinski definition) is 3. The number of carbonyl (C=O) groups is 3. The van der Waals surface area contributed by atoms with Gasteiger partial charge in [0.05, 0.1) is 27.9 Å². The Morgan fingerprint density at radius 3 is 2.60 bits per heavy atom. The Balaban J connectivity index is 1.17. The molecule has 5 rings (SSSR count). The zero-order chi connectivity index (χ0) is 34.6. The highest BCUT2D eigenvalue weighted by Gasteiger charge is 2.46. The van der Waals surface area contributed by atoms with Gasteiger partial charge in [-0.3, -0.25) is 19.2 Å². The van der Waals surface area contributed by atoms with Gasteiger partial charge >= 0.3 is 0 Å². The predicted octanol–water partition coefficient (Wildman–Crippen LogP) is 3.25. The topological polar surface area (TPSA) is 181 Å². The normalized spacial score (nSPS) is 17.0. The molecule has 3 aromatic heterocycles. The largest absolute Gasteiger partial charge is 0.502 e. The standard InChI is InChI=1S/C34H40N6O7S/c1-20-31(48-19-36-20)22-10-8-21(9-11-22)14-35-32(45)26-12-24(41)16-40(26)33(46)30(34(2,3)4)27(42)7-5-6-23-15-39(38-37-23)17-25-13-28(43)29(44)18-47-25/h8-11,13,15,18-19,24,26,30,41,44H,5-7,12,14,16-17H2,1-4H3,(H,35,45)/t24?,26?,30-/m1/s1. The van der Waals surface area contributed by atoms with Crippen LogP contribution in [0.4, 0.5) is 0 Å². The molecule has 13 nitrogen and oxygen atoms in total. The van der Waals surface area contributed by atoms with E-state index in [4.69, 9.17) is 4.42 Å². The molecule has 48 heavy (non-hydrogen) atoms. The van der Waals surface area contributed by atoms with Crippen LogP contribution in [-0.4, -0.2) is 71.4 Å². The first-order valence-electron chi connectivity index (χ1n) is 15.8. The second-order valence-electron chi connectivity index (χ2n) is 13.2. The summed E-state index contributed by atoms with van der Waals surface area (Å²) in [4.78, 5) is 59.2. The van der Waals surface area contributed by atoms with Crippen molar-refractivity contribution in [2.45, 2.75) is 78.6 Å². The van der Waals surface area contributed by atoms with Crippen LogP contribution in [-0.2, 0) is 33.9 Å². The summed E-state index contributed by atoms with van der Waals surface area (Å²) in [5, 5.41) is 30.9. The fourth-order valence-electron chi connectivity index (χ4n) is 5.93. The molecule has 3 N–H and O–H groups in total. The molecule has 0 saturated carbocycles. The third-order valence-electron chi connectivity index (χ3n) is 8.35. The molecule has 254 valence electrons. The number of carbonyl (C=O) groups excluding carboxylic acids is 3. The molecule has 2 amide bonds. The first-order valence-corrected chi connectivity index (χ1v) is 16.7. The highest BCUT2D eigenvalue weighted by molar-refractivity contribution is 7.13. The minimum absolute atomic E-state index is 0.0239. The maximum absolute atomic E-state index is 13.9. The summed E-state index contributed by atoms with van der Waals surface area (Å²) in [7, 11) is 0. The van der Waals surface area contributed by atoms with Crippen molar-refractivity contribution < 1.29 is 29.0 Å². The van der Waals surface area contributed by atoms with E-state index in [2.05, 4.69) is 20.6 Å². The fraction of sp³-hybridized carbons (Fsp3) is 0.441. The zero-order valence-corrected chi connectivity index (χ0v) is 28.2. The summed E-state index contributed by atoms with van der Waals surface area (Å²) in [5.74, 6) is -2.27. The number of nitrogens with one attached hydrogen (secondary N) is 1. The Morgan fingerprint density at radius 2 is 1.94 bits per heavy atom. The molecular weight excluding hydrogens is 636 g/mol. The maximum atomic E-state index is 13.9. The number of aromatic nitrogens is 4. The van der Waals surface area contributed by atoms with Gasteiger partial charge in [0.25, 0.3) is 0 Å². The minimum atomic E-state index is -1.01. The van der Waals surface area contributed by atoms with Gasteiger partial charge in [0.1, 0.15) is 36.3 Å². The molecule has 0 bridgehead atoms. The van der Waals surface area contributed by atoms with Crippen LogP contribution < -0.4 is 10.7 Å². The van der Waals surface area contributed by atoms with Crippen molar-refractivity contribution in [1.82, 2.24) is 30.2 Å². The number of β-amino-alcohol motifs (C(OH)–C–C–N with tert-alkyl or cyclic N) is 1. The van der Waals surface area contributed by atoms with Gasteiger partial charge < -0.3 is 24.8 Å². The summed E-state index contributed by atoms with van der Waals surface area (Å²) in [6, 6.07) is 8.12. The number of hydrogen-bond acceptors (Lipinski definition) is 11. The number of Topliss-reactive ketones (excluding diaryl/α,β-unsaturated/α-hetero) is 1. The molecule has 1 fully saturated rings. The van der Waals surface area contributed by atoms with E-state index in [9.17, 15) is 29.4 Å². The Bertz CT molecular complexity index is 1820. The van der Waals surface area contributed by atoms with Gasteiger partial charge in [0.2, 0.25) is 17.2 Å². The Kier molecular flexibility index (Phi) is 10.5. The number of likely N-dealkylation sites (tertiary alicyclic amines) is 1. The van der Waals surface area contributed by atoms with Crippen LogP contribution in [0.5, 0.6) is 5.75 Å². The van der Waals surface area contributed by atoms with Gasteiger partial charge in [-0.25, -0.2) is 9.67 Å². The van der Waals surface area contributed by atoms with E-state index in [-0.39, 0.29) is 44.2 Å². The molecule has 0 spiro atoms. The van der Waals surface area contributed by atoms with E-state index in [1.165, 1.54) is 15.6 Å². The number of aliphatic hydroxyl groups is 1. The van der Waals surface area contributed by atoms with Crippen molar-refractivity contribution in [3.05, 3.63) is 81.2 Å². The van der Waals surface area contributed by atoms with Crippen molar-refractivity contribution in [3.8, 4) is 16.2 Å². The number of ketones is 1. The van der Waals surface area contributed by atoms with E-state index in [0.717, 1.165) is 28.0 Å². The van der Waals surface area contributed by atoms with Gasteiger partial charge in [-0.1, -0.05) is 50.3 Å². The SMILES string of the molecule is Cc1ncsc1-c1ccc(CNC(=O)C2CC(O)CN2C(=O)[C@@H](C(=O)CCCc2cn(Cc3cc(=O)c(O)co3)nn2)C(C)(C)C)cc1. The number of aliphatic hydroxyl groups excluding tert-OH is 1.